The second kappa shape index (κ2) is 9.78. The van der Waals surface area contributed by atoms with Gasteiger partial charge in [-0.1, -0.05) is 32.0 Å². The summed E-state index contributed by atoms with van der Waals surface area (Å²) in [4.78, 5) is 12.8. The zero-order valence-electron chi connectivity index (χ0n) is 13.9. The number of amides is 1. The predicted octanol–water partition coefficient (Wildman–Crippen LogP) is 3.96. The van der Waals surface area contributed by atoms with Gasteiger partial charge in [-0.15, -0.1) is 11.8 Å². The van der Waals surface area contributed by atoms with Crippen molar-refractivity contribution in [2.45, 2.75) is 18.7 Å². The maximum absolute atomic E-state index is 11.7. The van der Waals surface area contributed by atoms with E-state index in [4.69, 9.17) is 4.74 Å². The molecule has 2 aromatic carbocycles. The Bertz CT molecular complexity index is 655. The first kappa shape index (κ1) is 18.1. The van der Waals surface area contributed by atoms with E-state index in [0.29, 0.717) is 18.3 Å². The van der Waals surface area contributed by atoms with Crippen molar-refractivity contribution in [1.82, 2.24) is 5.43 Å². The number of hydrogen-bond donors (Lipinski definition) is 1. The molecule has 0 atom stereocenters. The molecule has 0 fully saturated rings. The zero-order valence-corrected chi connectivity index (χ0v) is 14.8. The Morgan fingerprint density at radius 3 is 2.54 bits per heavy atom. The third-order valence-electron chi connectivity index (χ3n) is 2.98. The molecule has 126 valence electrons. The Morgan fingerprint density at radius 2 is 1.88 bits per heavy atom. The molecule has 5 heteroatoms. The number of nitrogens with one attached hydrogen (secondary N) is 1. The lowest BCUT2D eigenvalue weighted by Crippen LogP contribution is -2.19. The van der Waals surface area contributed by atoms with Crippen molar-refractivity contribution < 1.29 is 9.53 Å². The van der Waals surface area contributed by atoms with Gasteiger partial charge in [0.05, 0.1) is 18.6 Å². The molecule has 0 aliphatic carbocycles. The lowest BCUT2D eigenvalue weighted by atomic mass is 10.2. The Morgan fingerprint density at radius 1 is 1.17 bits per heavy atom. The van der Waals surface area contributed by atoms with E-state index in [-0.39, 0.29) is 5.91 Å². The molecule has 1 N–H and O–H groups in total. The van der Waals surface area contributed by atoms with Gasteiger partial charge in [0.1, 0.15) is 5.75 Å². The molecule has 24 heavy (non-hydrogen) atoms. The standard InChI is InChI=1S/C19H22N2O2S/c1-15(2)13-23-17-10-8-16(9-11-17)12-20-21-19(22)14-24-18-6-4-3-5-7-18/h3-12,15H,13-14H2,1-2H3,(H,21,22)/b20-12-. The number of carbonyl (C=O) groups excluding carboxylic acids is 1. The molecule has 0 unspecified atom stereocenters. The molecule has 0 aromatic heterocycles. The molecule has 1 amide bonds. The largest absolute Gasteiger partial charge is 0.493 e. The highest BCUT2D eigenvalue weighted by Crippen LogP contribution is 2.16. The average molecular weight is 342 g/mol. The van der Waals surface area contributed by atoms with E-state index in [9.17, 15) is 4.79 Å². The minimum absolute atomic E-state index is 0.128. The molecule has 0 saturated carbocycles. The zero-order chi connectivity index (χ0) is 17.2. The van der Waals surface area contributed by atoms with Crippen LogP contribution in [0.25, 0.3) is 0 Å². The lowest BCUT2D eigenvalue weighted by Gasteiger charge is -2.08. The Labute approximate surface area is 147 Å². The molecular weight excluding hydrogens is 320 g/mol. The number of ether oxygens (including phenoxy) is 1. The smallest absolute Gasteiger partial charge is 0.250 e. The van der Waals surface area contributed by atoms with Gasteiger partial charge < -0.3 is 4.74 Å². The van der Waals surface area contributed by atoms with E-state index < -0.39 is 0 Å². The van der Waals surface area contributed by atoms with Crippen molar-refractivity contribution in [1.29, 1.82) is 0 Å². The summed E-state index contributed by atoms with van der Waals surface area (Å²) in [5.74, 6) is 1.54. The monoisotopic (exact) mass is 342 g/mol. The van der Waals surface area contributed by atoms with Crippen molar-refractivity contribution in [2.24, 2.45) is 11.0 Å². The molecule has 0 aliphatic rings. The number of carbonyl (C=O) groups is 1. The van der Waals surface area contributed by atoms with Crippen LogP contribution >= 0.6 is 11.8 Å². The van der Waals surface area contributed by atoms with E-state index in [1.54, 1.807) is 6.21 Å². The third kappa shape index (κ3) is 6.87. The van der Waals surface area contributed by atoms with Gasteiger partial charge in [-0.05, 0) is 47.9 Å². The number of benzene rings is 2. The lowest BCUT2D eigenvalue weighted by molar-refractivity contribution is -0.118. The van der Waals surface area contributed by atoms with Crippen LogP contribution in [-0.2, 0) is 4.79 Å². The van der Waals surface area contributed by atoms with E-state index in [1.165, 1.54) is 11.8 Å². The summed E-state index contributed by atoms with van der Waals surface area (Å²) < 4.78 is 5.62. The quantitative estimate of drug-likeness (QED) is 0.449. The first-order valence-corrected chi connectivity index (χ1v) is 8.84. The molecule has 2 rings (SSSR count). The van der Waals surface area contributed by atoms with Crippen LogP contribution in [0.1, 0.15) is 19.4 Å². The van der Waals surface area contributed by atoms with Crippen LogP contribution in [0.15, 0.2) is 64.6 Å². The van der Waals surface area contributed by atoms with Crippen LogP contribution in [0.5, 0.6) is 5.75 Å². The average Bonchev–Trinajstić information content (AvgIpc) is 2.60. The topological polar surface area (TPSA) is 50.7 Å². The van der Waals surface area contributed by atoms with Gasteiger partial charge in [-0.3, -0.25) is 4.79 Å². The highest BCUT2D eigenvalue weighted by atomic mass is 32.2. The number of hydrogen-bond acceptors (Lipinski definition) is 4. The molecular formula is C19H22N2O2S. The van der Waals surface area contributed by atoms with E-state index >= 15 is 0 Å². The number of hydrazone groups is 1. The summed E-state index contributed by atoms with van der Waals surface area (Å²) in [6.07, 6.45) is 1.62. The summed E-state index contributed by atoms with van der Waals surface area (Å²) in [6.45, 7) is 4.92. The number of thioether (sulfide) groups is 1. The Kier molecular flexibility index (Phi) is 7.36. The fourth-order valence-corrected chi connectivity index (χ4v) is 2.50. The van der Waals surface area contributed by atoms with Crippen LogP contribution in [0, 0.1) is 5.92 Å². The van der Waals surface area contributed by atoms with Crippen LogP contribution in [0.3, 0.4) is 0 Å². The van der Waals surface area contributed by atoms with Crippen LogP contribution < -0.4 is 10.2 Å². The normalized spacial score (nSPS) is 11.0. The third-order valence-corrected chi connectivity index (χ3v) is 3.99. The highest BCUT2D eigenvalue weighted by molar-refractivity contribution is 8.00. The molecule has 0 radical (unpaired) electrons. The van der Waals surface area contributed by atoms with Crippen molar-refractivity contribution in [3.63, 3.8) is 0 Å². The van der Waals surface area contributed by atoms with Crippen molar-refractivity contribution >= 4 is 23.9 Å². The Balaban J connectivity index is 1.73. The second-order valence-corrected chi connectivity index (χ2v) is 6.72. The Hall–Kier alpha value is -2.27. The fraction of sp³-hybridized carbons (Fsp3) is 0.263. The highest BCUT2D eigenvalue weighted by Gasteiger charge is 2.01. The predicted molar refractivity (Wildman–Crippen MR) is 99.7 cm³/mol. The summed E-state index contributed by atoms with van der Waals surface area (Å²) >= 11 is 1.48. The van der Waals surface area contributed by atoms with Gasteiger partial charge in [-0.25, -0.2) is 5.43 Å². The SMILES string of the molecule is CC(C)COc1ccc(/C=N\NC(=O)CSc2ccccc2)cc1. The van der Waals surface area contributed by atoms with Gasteiger partial charge in [0.25, 0.3) is 0 Å². The van der Waals surface area contributed by atoms with Crippen molar-refractivity contribution in [3.8, 4) is 5.75 Å². The van der Waals surface area contributed by atoms with Gasteiger partial charge in [-0.2, -0.15) is 5.10 Å². The number of nitrogens with zero attached hydrogens (tertiary/aromatic N) is 1. The van der Waals surface area contributed by atoms with Crippen molar-refractivity contribution in [3.05, 3.63) is 60.2 Å². The molecule has 4 nitrogen and oxygen atoms in total. The van der Waals surface area contributed by atoms with Gasteiger partial charge in [0.15, 0.2) is 0 Å². The van der Waals surface area contributed by atoms with Gasteiger partial charge >= 0.3 is 0 Å². The van der Waals surface area contributed by atoms with Crippen LogP contribution in [0.4, 0.5) is 0 Å². The van der Waals surface area contributed by atoms with Gasteiger partial charge in [0.2, 0.25) is 5.91 Å². The number of rotatable bonds is 8. The minimum atomic E-state index is -0.128. The molecule has 0 spiro atoms. The first-order chi connectivity index (χ1) is 11.6. The maximum Gasteiger partial charge on any atom is 0.250 e. The van der Waals surface area contributed by atoms with E-state index in [2.05, 4.69) is 24.4 Å². The van der Waals surface area contributed by atoms with Crippen molar-refractivity contribution in [2.75, 3.05) is 12.4 Å². The molecule has 0 bridgehead atoms. The maximum atomic E-state index is 11.7. The molecule has 0 aliphatic heterocycles. The second-order valence-electron chi connectivity index (χ2n) is 5.67. The fourth-order valence-electron chi connectivity index (χ4n) is 1.79. The first-order valence-electron chi connectivity index (χ1n) is 7.86. The molecule has 2 aromatic rings. The summed E-state index contributed by atoms with van der Waals surface area (Å²) in [5, 5.41) is 3.98. The van der Waals surface area contributed by atoms with E-state index in [1.807, 2.05) is 54.6 Å². The summed E-state index contributed by atoms with van der Waals surface area (Å²) in [6, 6.07) is 17.4. The van der Waals surface area contributed by atoms with E-state index in [0.717, 1.165) is 16.2 Å². The van der Waals surface area contributed by atoms with Crippen LogP contribution in [-0.4, -0.2) is 24.5 Å². The van der Waals surface area contributed by atoms with Gasteiger partial charge in [0, 0.05) is 4.90 Å². The minimum Gasteiger partial charge on any atom is -0.493 e. The molecule has 0 saturated heterocycles. The molecule has 0 heterocycles. The summed E-state index contributed by atoms with van der Waals surface area (Å²) in [5.41, 5.74) is 3.44. The van der Waals surface area contributed by atoms with Crippen LogP contribution in [0.2, 0.25) is 0 Å². The summed E-state index contributed by atoms with van der Waals surface area (Å²) in [7, 11) is 0.